The zero-order chi connectivity index (χ0) is 8.97. The van der Waals surface area contributed by atoms with E-state index in [0.29, 0.717) is 12.2 Å². The minimum absolute atomic E-state index is 0.0336. The van der Waals surface area contributed by atoms with Gasteiger partial charge in [-0.2, -0.15) is 0 Å². The van der Waals surface area contributed by atoms with Crippen LogP contribution in [0, 0.1) is 6.92 Å². The lowest BCUT2D eigenvalue weighted by atomic mass is 10.3. The van der Waals surface area contributed by atoms with E-state index in [0.717, 1.165) is 5.69 Å². The lowest BCUT2D eigenvalue weighted by Gasteiger charge is -1.98. The molecule has 0 bridgehead atoms. The third kappa shape index (κ3) is 2.10. The van der Waals surface area contributed by atoms with Gasteiger partial charge in [-0.3, -0.25) is 9.78 Å². The molecule has 0 spiro atoms. The molecule has 0 unspecified atom stereocenters. The predicted molar refractivity (Wildman–Crippen MR) is 45.0 cm³/mol. The fraction of sp³-hybridized carbons (Fsp3) is 0.375. The number of nitrogens with one attached hydrogen (secondary N) is 1. The van der Waals surface area contributed by atoms with Gasteiger partial charge in [-0.15, -0.1) is 0 Å². The molecular weight excluding hydrogens is 154 g/mol. The second-order valence-electron chi connectivity index (χ2n) is 2.50. The van der Waals surface area contributed by atoms with Crippen LogP contribution >= 0.6 is 0 Å². The number of likely N-dealkylation sites (N-methyl/N-ethyl adjacent to an activating group) is 1. The maximum atomic E-state index is 11.2. The quantitative estimate of drug-likeness (QED) is 0.649. The van der Waals surface area contributed by atoms with Crippen molar-refractivity contribution in [2.24, 2.45) is 0 Å². The van der Waals surface area contributed by atoms with E-state index in [1.54, 1.807) is 13.2 Å². The van der Waals surface area contributed by atoms with Crippen LogP contribution in [0.3, 0.4) is 0 Å². The van der Waals surface area contributed by atoms with E-state index in [-0.39, 0.29) is 5.78 Å². The van der Waals surface area contributed by atoms with Crippen LogP contribution in [0.1, 0.15) is 16.2 Å². The van der Waals surface area contributed by atoms with Gasteiger partial charge in [0.25, 0.3) is 0 Å². The Balaban J connectivity index is 2.81. The number of hydrogen-bond acceptors (Lipinski definition) is 4. The molecule has 0 fully saturated rings. The molecule has 0 aliphatic carbocycles. The van der Waals surface area contributed by atoms with Crippen molar-refractivity contribution in [3.8, 4) is 0 Å². The summed E-state index contributed by atoms with van der Waals surface area (Å²) in [5.41, 5.74) is 1.18. The monoisotopic (exact) mass is 165 g/mol. The highest BCUT2D eigenvalue weighted by atomic mass is 16.1. The first kappa shape index (κ1) is 8.80. The molecule has 0 aromatic carbocycles. The smallest absolute Gasteiger partial charge is 0.196 e. The number of aryl methyl sites for hydroxylation is 1. The van der Waals surface area contributed by atoms with Crippen molar-refractivity contribution in [2.45, 2.75) is 6.92 Å². The molecule has 0 saturated heterocycles. The Kier molecular flexibility index (Phi) is 2.88. The van der Waals surface area contributed by atoms with E-state index in [9.17, 15) is 4.79 Å². The minimum atomic E-state index is -0.0336. The highest BCUT2D eigenvalue weighted by molar-refractivity contribution is 5.95. The van der Waals surface area contributed by atoms with E-state index < -0.39 is 0 Å². The van der Waals surface area contributed by atoms with Gasteiger partial charge in [-0.25, -0.2) is 4.98 Å². The summed E-state index contributed by atoms with van der Waals surface area (Å²) in [4.78, 5) is 19.1. The fourth-order valence-corrected chi connectivity index (χ4v) is 0.849. The van der Waals surface area contributed by atoms with Crippen LogP contribution in [-0.2, 0) is 0 Å². The molecule has 0 aliphatic rings. The molecular formula is C8H11N3O. The Morgan fingerprint density at radius 1 is 1.58 bits per heavy atom. The Morgan fingerprint density at radius 2 is 2.33 bits per heavy atom. The maximum absolute atomic E-state index is 11.2. The van der Waals surface area contributed by atoms with E-state index in [1.165, 1.54) is 6.20 Å². The van der Waals surface area contributed by atoms with Gasteiger partial charge in [0, 0.05) is 6.20 Å². The van der Waals surface area contributed by atoms with Gasteiger partial charge in [-0.1, -0.05) is 0 Å². The highest BCUT2D eigenvalue weighted by Gasteiger charge is 2.05. The first-order valence-corrected chi connectivity index (χ1v) is 3.70. The highest BCUT2D eigenvalue weighted by Crippen LogP contribution is 1.95. The van der Waals surface area contributed by atoms with Gasteiger partial charge in [-0.05, 0) is 14.0 Å². The van der Waals surface area contributed by atoms with Crippen LogP contribution in [0.15, 0.2) is 12.4 Å². The average molecular weight is 165 g/mol. The molecule has 0 amide bonds. The van der Waals surface area contributed by atoms with Crippen LogP contribution in [0.5, 0.6) is 0 Å². The second-order valence-corrected chi connectivity index (χ2v) is 2.50. The Bertz CT molecular complexity index is 285. The number of hydrogen-bond donors (Lipinski definition) is 1. The van der Waals surface area contributed by atoms with Gasteiger partial charge in [0.15, 0.2) is 5.78 Å². The molecule has 4 heteroatoms. The predicted octanol–water partition coefficient (Wildman–Crippen LogP) is 0.187. The first-order valence-electron chi connectivity index (χ1n) is 3.70. The summed E-state index contributed by atoms with van der Waals surface area (Å²) in [6, 6.07) is 0. The van der Waals surface area contributed by atoms with Crippen LogP contribution in [0.4, 0.5) is 0 Å². The van der Waals surface area contributed by atoms with Crippen LogP contribution in [0.25, 0.3) is 0 Å². The van der Waals surface area contributed by atoms with Crippen molar-refractivity contribution in [1.82, 2.24) is 15.3 Å². The van der Waals surface area contributed by atoms with Gasteiger partial charge < -0.3 is 5.32 Å². The lowest BCUT2D eigenvalue weighted by molar-refractivity contribution is 0.0988. The molecule has 1 heterocycles. The summed E-state index contributed by atoms with van der Waals surface area (Å²) in [5.74, 6) is -0.0336. The topological polar surface area (TPSA) is 54.9 Å². The fourth-order valence-electron chi connectivity index (χ4n) is 0.849. The summed E-state index contributed by atoms with van der Waals surface area (Å²) >= 11 is 0. The maximum Gasteiger partial charge on any atom is 0.196 e. The third-order valence-electron chi connectivity index (χ3n) is 1.38. The number of rotatable bonds is 3. The number of Topliss-reactive ketones (excluding diaryl/α,β-unsaturated/α-hetero) is 1. The zero-order valence-electron chi connectivity index (χ0n) is 7.16. The number of ketones is 1. The summed E-state index contributed by atoms with van der Waals surface area (Å²) in [6.07, 6.45) is 3.10. The minimum Gasteiger partial charge on any atom is -0.313 e. The van der Waals surface area contributed by atoms with Crippen molar-refractivity contribution < 1.29 is 4.79 Å². The molecule has 0 saturated carbocycles. The Labute approximate surface area is 71.0 Å². The van der Waals surface area contributed by atoms with Crippen LogP contribution in [-0.4, -0.2) is 29.3 Å². The van der Waals surface area contributed by atoms with E-state index in [4.69, 9.17) is 0 Å². The summed E-state index contributed by atoms with van der Waals surface area (Å²) in [5, 5.41) is 2.77. The molecule has 0 atom stereocenters. The van der Waals surface area contributed by atoms with E-state index in [1.807, 2.05) is 6.92 Å². The molecule has 12 heavy (non-hydrogen) atoms. The molecule has 4 nitrogen and oxygen atoms in total. The van der Waals surface area contributed by atoms with E-state index >= 15 is 0 Å². The van der Waals surface area contributed by atoms with Crippen molar-refractivity contribution in [3.05, 3.63) is 23.8 Å². The van der Waals surface area contributed by atoms with Crippen LogP contribution in [0.2, 0.25) is 0 Å². The standard InChI is InChI=1S/C8H11N3O/c1-6-3-10-4-7(11-6)8(12)5-9-2/h3-4,9H,5H2,1-2H3. The SMILES string of the molecule is CNCC(=O)c1cncc(C)n1. The average Bonchev–Trinajstić information content (AvgIpc) is 2.05. The Hall–Kier alpha value is -1.29. The molecule has 64 valence electrons. The number of nitrogens with zero attached hydrogens (tertiary/aromatic N) is 2. The van der Waals surface area contributed by atoms with Crippen molar-refractivity contribution >= 4 is 5.78 Å². The summed E-state index contributed by atoms with van der Waals surface area (Å²) in [6.45, 7) is 2.11. The molecule has 0 aliphatic heterocycles. The molecule has 0 radical (unpaired) electrons. The molecule has 1 aromatic heterocycles. The van der Waals surface area contributed by atoms with Gasteiger partial charge in [0.2, 0.25) is 0 Å². The van der Waals surface area contributed by atoms with Crippen molar-refractivity contribution in [3.63, 3.8) is 0 Å². The third-order valence-corrected chi connectivity index (χ3v) is 1.38. The van der Waals surface area contributed by atoms with E-state index in [2.05, 4.69) is 15.3 Å². The first-order chi connectivity index (χ1) is 5.74. The number of aromatic nitrogens is 2. The lowest BCUT2D eigenvalue weighted by Crippen LogP contribution is -2.19. The van der Waals surface area contributed by atoms with Crippen molar-refractivity contribution in [2.75, 3.05) is 13.6 Å². The van der Waals surface area contributed by atoms with Crippen molar-refractivity contribution in [1.29, 1.82) is 0 Å². The van der Waals surface area contributed by atoms with Gasteiger partial charge in [0.1, 0.15) is 5.69 Å². The largest absolute Gasteiger partial charge is 0.313 e. The second kappa shape index (κ2) is 3.92. The number of carbonyl (C=O) groups is 1. The normalized spacial score (nSPS) is 9.83. The molecule has 1 rings (SSSR count). The van der Waals surface area contributed by atoms with Crippen LogP contribution < -0.4 is 5.32 Å². The summed E-state index contributed by atoms with van der Waals surface area (Å²) in [7, 11) is 1.72. The zero-order valence-corrected chi connectivity index (χ0v) is 7.16. The summed E-state index contributed by atoms with van der Waals surface area (Å²) < 4.78 is 0. The molecule has 1 N–H and O–H groups in total. The Morgan fingerprint density at radius 3 is 2.92 bits per heavy atom. The van der Waals surface area contributed by atoms with Gasteiger partial charge in [0.05, 0.1) is 18.4 Å². The number of carbonyl (C=O) groups excluding carboxylic acids is 1. The van der Waals surface area contributed by atoms with Gasteiger partial charge >= 0.3 is 0 Å². The molecule has 1 aromatic rings.